The molecular weight excluding hydrogens is 299 g/mol. The predicted molar refractivity (Wildman–Crippen MR) is 74.0 cm³/mol. The molecule has 0 aromatic heterocycles. The first-order valence-corrected chi connectivity index (χ1v) is 7.67. The Hall–Kier alpha value is -1.31. The first kappa shape index (κ1) is 17.1. The zero-order valence-electron chi connectivity index (χ0n) is 12.7. The maximum atomic E-state index is 12.6. The summed E-state index contributed by atoms with van der Waals surface area (Å²) < 4.78 is 37.3. The van der Waals surface area contributed by atoms with Gasteiger partial charge in [0.2, 0.25) is 11.8 Å². The summed E-state index contributed by atoms with van der Waals surface area (Å²) in [7, 11) is 0. The van der Waals surface area contributed by atoms with Gasteiger partial charge in [-0.2, -0.15) is 13.2 Å². The first-order valence-electron chi connectivity index (χ1n) is 7.67. The molecule has 2 rings (SSSR count). The number of hydrogen-bond donors (Lipinski definition) is 1. The monoisotopic (exact) mass is 321 g/mol. The summed E-state index contributed by atoms with van der Waals surface area (Å²) in [5, 5.41) is 3.19. The van der Waals surface area contributed by atoms with Crippen LogP contribution >= 0.6 is 0 Å². The minimum Gasteiger partial charge on any atom is -0.338 e. The topological polar surface area (TPSA) is 52.7 Å². The van der Waals surface area contributed by atoms with E-state index in [1.807, 2.05) is 6.92 Å². The van der Waals surface area contributed by atoms with E-state index < -0.39 is 24.5 Å². The smallest absolute Gasteiger partial charge is 0.338 e. The van der Waals surface area contributed by atoms with Gasteiger partial charge in [0.05, 0.1) is 5.92 Å². The van der Waals surface area contributed by atoms with E-state index in [1.165, 1.54) is 0 Å². The largest absolute Gasteiger partial charge is 0.406 e. The summed E-state index contributed by atoms with van der Waals surface area (Å²) in [6.45, 7) is 2.68. The highest BCUT2D eigenvalue weighted by Crippen LogP contribution is 2.26. The number of amides is 2. The van der Waals surface area contributed by atoms with Crippen LogP contribution in [0.5, 0.6) is 0 Å². The Morgan fingerprint density at radius 2 is 2.18 bits per heavy atom. The van der Waals surface area contributed by atoms with Crippen molar-refractivity contribution < 1.29 is 22.8 Å². The molecule has 0 radical (unpaired) electrons. The van der Waals surface area contributed by atoms with Gasteiger partial charge < -0.3 is 15.1 Å². The van der Waals surface area contributed by atoms with Gasteiger partial charge in [-0.1, -0.05) is 6.92 Å². The molecule has 8 heteroatoms. The molecule has 0 aromatic rings. The van der Waals surface area contributed by atoms with Gasteiger partial charge >= 0.3 is 6.18 Å². The lowest BCUT2D eigenvalue weighted by molar-refractivity contribution is -0.157. The highest BCUT2D eigenvalue weighted by Gasteiger charge is 2.42. The van der Waals surface area contributed by atoms with E-state index in [9.17, 15) is 22.8 Å². The standard InChI is InChI=1S/C14H22F3N3O2/c1-2-5-20(11-3-4-18-7-11)13(22)10-6-12(21)19(8-10)9-14(15,16)17/h10-11,18H,2-9H2,1H3. The van der Waals surface area contributed by atoms with Gasteiger partial charge in [-0.05, 0) is 19.4 Å². The Balaban J connectivity index is 2.00. The van der Waals surface area contributed by atoms with Crippen molar-refractivity contribution in [2.45, 2.75) is 38.4 Å². The van der Waals surface area contributed by atoms with E-state index in [0.29, 0.717) is 13.1 Å². The van der Waals surface area contributed by atoms with Crippen LogP contribution in [-0.2, 0) is 9.59 Å². The van der Waals surface area contributed by atoms with Crippen molar-refractivity contribution in [1.82, 2.24) is 15.1 Å². The second-order valence-electron chi connectivity index (χ2n) is 5.97. The molecule has 2 unspecified atom stereocenters. The number of nitrogens with one attached hydrogen (secondary N) is 1. The van der Waals surface area contributed by atoms with Crippen molar-refractivity contribution in [3.05, 3.63) is 0 Å². The number of hydrogen-bond acceptors (Lipinski definition) is 3. The Labute approximate surface area is 127 Å². The number of carbonyl (C=O) groups excluding carboxylic acids is 2. The number of rotatable bonds is 5. The zero-order chi connectivity index (χ0) is 16.3. The molecule has 1 N–H and O–H groups in total. The summed E-state index contributed by atoms with van der Waals surface area (Å²) in [4.78, 5) is 26.8. The highest BCUT2D eigenvalue weighted by atomic mass is 19.4. The number of carbonyl (C=O) groups is 2. The predicted octanol–water partition coefficient (Wildman–Crippen LogP) is 0.998. The van der Waals surface area contributed by atoms with Crippen molar-refractivity contribution in [2.75, 3.05) is 32.7 Å². The fraction of sp³-hybridized carbons (Fsp3) is 0.857. The molecule has 0 aliphatic carbocycles. The van der Waals surface area contributed by atoms with E-state index in [0.717, 1.165) is 24.3 Å². The molecule has 0 aromatic carbocycles. The van der Waals surface area contributed by atoms with Crippen LogP contribution in [0.4, 0.5) is 13.2 Å². The minimum absolute atomic E-state index is 0.0826. The lowest BCUT2D eigenvalue weighted by Gasteiger charge is -2.30. The van der Waals surface area contributed by atoms with Crippen molar-refractivity contribution in [2.24, 2.45) is 5.92 Å². The van der Waals surface area contributed by atoms with Crippen LogP contribution in [0.2, 0.25) is 0 Å². The van der Waals surface area contributed by atoms with Crippen LogP contribution < -0.4 is 5.32 Å². The van der Waals surface area contributed by atoms with Gasteiger partial charge in [-0.3, -0.25) is 9.59 Å². The molecule has 2 aliphatic heterocycles. The Morgan fingerprint density at radius 1 is 1.45 bits per heavy atom. The van der Waals surface area contributed by atoms with Crippen LogP contribution in [0.1, 0.15) is 26.2 Å². The normalized spacial score (nSPS) is 25.8. The average Bonchev–Trinajstić information content (AvgIpc) is 3.04. The van der Waals surface area contributed by atoms with E-state index in [4.69, 9.17) is 0 Å². The maximum Gasteiger partial charge on any atom is 0.406 e. The third-order valence-electron chi connectivity index (χ3n) is 4.16. The summed E-state index contributed by atoms with van der Waals surface area (Å²) in [5.41, 5.74) is 0. The summed E-state index contributed by atoms with van der Waals surface area (Å²) in [6, 6.07) is 0.0826. The van der Waals surface area contributed by atoms with E-state index in [2.05, 4.69) is 5.32 Å². The molecule has 2 saturated heterocycles. The van der Waals surface area contributed by atoms with Gasteiger partial charge in [0, 0.05) is 32.1 Å². The summed E-state index contributed by atoms with van der Waals surface area (Å²) in [5.74, 6) is -1.42. The van der Waals surface area contributed by atoms with Gasteiger partial charge in [0.25, 0.3) is 0 Å². The van der Waals surface area contributed by atoms with E-state index in [-0.39, 0.29) is 24.9 Å². The van der Waals surface area contributed by atoms with Crippen LogP contribution in [0.25, 0.3) is 0 Å². The zero-order valence-corrected chi connectivity index (χ0v) is 12.7. The molecule has 2 atom stereocenters. The maximum absolute atomic E-state index is 12.6. The SMILES string of the molecule is CCCN(C(=O)C1CC(=O)N(CC(F)(F)F)C1)C1CCNC1. The van der Waals surface area contributed by atoms with Gasteiger partial charge in [-0.25, -0.2) is 0 Å². The van der Waals surface area contributed by atoms with Gasteiger partial charge in [0.1, 0.15) is 6.54 Å². The first-order chi connectivity index (χ1) is 10.3. The molecule has 2 heterocycles. The van der Waals surface area contributed by atoms with Crippen LogP contribution in [0, 0.1) is 5.92 Å². The van der Waals surface area contributed by atoms with Crippen LogP contribution in [0.15, 0.2) is 0 Å². The molecule has 2 amide bonds. The van der Waals surface area contributed by atoms with Crippen LogP contribution in [-0.4, -0.2) is 66.6 Å². The van der Waals surface area contributed by atoms with Crippen molar-refractivity contribution >= 4 is 11.8 Å². The fourth-order valence-electron chi connectivity index (χ4n) is 3.16. The summed E-state index contributed by atoms with van der Waals surface area (Å²) in [6.07, 6.45) is -2.91. The average molecular weight is 321 g/mol. The molecule has 2 aliphatic rings. The number of alkyl halides is 3. The quantitative estimate of drug-likeness (QED) is 0.822. The Bertz CT molecular complexity index is 422. The van der Waals surface area contributed by atoms with Crippen molar-refractivity contribution in [3.63, 3.8) is 0 Å². The molecule has 2 fully saturated rings. The summed E-state index contributed by atoms with van der Waals surface area (Å²) >= 11 is 0. The number of nitrogens with zero attached hydrogens (tertiary/aromatic N) is 2. The lowest BCUT2D eigenvalue weighted by Crippen LogP contribution is -2.46. The van der Waals surface area contributed by atoms with Gasteiger partial charge in [-0.15, -0.1) is 0 Å². The molecule has 22 heavy (non-hydrogen) atoms. The number of halogens is 3. The Morgan fingerprint density at radius 3 is 2.73 bits per heavy atom. The van der Waals surface area contributed by atoms with Crippen molar-refractivity contribution in [3.8, 4) is 0 Å². The third-order valence-corrected chi connectivity index (χ3v) is 4.16. The third kappa shape index (κ3) is 4.12. The molecule has 126 valence electrons. The molecular formula is C14H22F3N3O2. The van der Waals surface area contributed by atoms with Gasteiger partial charge in [0.15, 0.2) is 0 Å². The molecule has 0 saturated carbocycles. The van der Waals surface area contributed by atoms with E-state index in [1.54, 1.807) is 4.90 Å². The second kappa shape index (κ2) is 6.85. The molecule has 5 nitrogen and oxygen atoms in total. The number of likely N-dealkylation sites (tertiary alicyclic amines) is 1. The second-order valence-corrected chi connectivity index (χ2v) is 5.97. The molecule has 0 spiro atoms. The fourth-order valence-corrected chi connectivity index (χ4v) is 3.16. The highest BCUT2D eigenvalue weighted by molar-refractivity contribution is 5.89. The minimum atomic E-state index is -4.42. The van der Waals surface area contributed by atoms with E-state index >= 15 is 0 Å². The Kier molecular flexibility index (Phi) is 5.31. The van der Waals surface area contributed by atoms with Crippen molar-refractivity contribution in [1.29, 1.82) is 0 Å². The lowest BCUT2D eigenvalue weighted by atomic mass is 10.0. The molecule has 0 bridgehead atoms. The van der Waals surface area contributed by atoms with Crippen LogP contribution in [0.3, 0.4) is 0 Å².